The number of aromatic nitrogens is 5. The van der Waals surface area contributed by atoms with Crippen molar-refractivity contribution in [2.24, 2.45) is 11.8 Å². The Bertz CT molecular complexity index is 972. The molecule has 7 heteroatoms. The normalized spacial score (nSPS) is 17.1. The van der Waals surface area contributed by atoms with Crippen molar-refractivity contribution in [2.75, 3.05) is 13.1 Å². The predicted octanol–water partition coefficient (Wildman–Crippen LogP) is 3.01. The van der Waals surface area contributed by atoms with Gasteiger partial charge in [-0.3, -0.25) is 9.48 Å². The molecule has 1 aliphatic rings. The summed E-state index contributed by atoms with van der Waals surface area (Å²) in [5.74, 6) is 2.05. The van der Waals surface area contributed by atoms with Crippen molar-refractivity contribution in [2.45, 2.75) is 46.7 Å². The van der Waals surface area contributed by atoms with E-state index >= 15 is 0 Å². The number of likely N-dealkylation sites (tertiary alicyclic amines) is 1. The van der Waals surface area contributed by atoms with Crippen LogP contribution >= 0.6 is 0 Å². The van der Waals surface area contributed by atoms with E-state index in [4.69, 9.17) is 4.98 Å². The van der Waals surface area contributed by atoms with Crippen LogP contribution < -0.4 is 0 Å². The Labute approximate surface area is 165 Å². The summed E-state index contributed by atoms with van der Waals surface area (Å²) in [7, 11) is 0. The first-order chi connectivity index (χ1) is 13.5. The number of hydrogen-bond donors (Lipinski definition) is 0. The molecule has 4 rings (SSSR count). The van der Waals surface area contributed by atoms with Crippen LogP contribution in [0.3, 0.4) is 0 Å². The van der Waals surface area contributed by atoms with Gasteiger partial charge in [0.1, 0.15) is 17.0 Å². The van der Waals surface area contributed by atoms with Crippen LogP contribution in [0.2, 0.25) is 0 Å². The molecule has 148 valence electrons. The molecule has 0 radical (unpaired) electrons. The summed E-state index contributed by atoms with van der Waals surface area (Å²) in [6.45, 7) is 9.67. The van der Waals surface area contributed by atoms with Gasteiger partial charge in [0.15, 0.2) is 5.65 Å². The van der Waals surface area contributed by atoms with Gasteiger partial charge in [-0.1, -0.05) is 13.8 Å². The molecule has 1 atom stereocenters. The molecule has 4 heterocycles. The number of carbonyl (C=O) groups is 1. The molecule has 1 aliphatic heterocycles. The highest BCUT2D eigenvalue weighted by molar-refractivity contribution is 5.92. The van der Waals surface area contributed by atoms with Crippen LogP contribution in [-0.2, 0) is 19.5 Å². The van der Waals surface area contributed by atoms with Crippen molar-refractivity contribution in [3.8, 4) is 0 Å². The Hall–Kier alpha value is -2.70. The summed E-state index contributed by atoms with van der Waals surface area (Å²) in [5, 5.41) is 4.36. The van der Waals surface area contributed by atoms with E-state index in [1.165, 1.54) is 0 Å². The van der Waals surface area contributed by atoms with Gasteiger partial charge >= 0.3 is 0 Å². The fraction of sp³-hybridized carbons (Fsp3) is 0.524. The van der Waals surface area contributed by atoms with E-state index in [1.807, 2.05) is 42.4 Å². The Balaban J connectivity index is 1.49. The average Bonchev–Trinajstić information content (AvgIpc) is 3.41. The molecule has 0 unspecified atom stereocenters. The van der Waals surface area contributed by atoms with Gasteiger partial charge in [-0.05, 0) is 43.4 Å². The predicted molar refractivity (Wildman–Crippen MR) is 108 cm³/mol. The van der Waals surface area contributed by atoms with E-state index in [1.54, 1.807) is 4.68 Å². The number of imidazole rings is 1. The first-order valence-corrected chi connectivity index (χ1v) is 10.2. The van der Waals surface area contributed by atoms with E-state index < -0.39 is 0 Å². The van der Waals surface area contributed by atoms with Gasteiger partial charge in [-0.2, -0.15) is 5.10 Å². The molecule has 0 aromatic carbocycles. The number of fused-ring (bicyclic) bond motifs is 1. The molecule has 0 saturated carbocycles. The Kier molecular flexibility index (Phi) is 5.15. The standard InChI is InChI=1S/C21H28N6O/c1-4-26-11-8-18(24-26)21(28)25-10-7-16(14-25)12-19-23-17-6-5-9-22-20(17)27(19)13-15(2)3/h5-6,8-9,11,15-16H,4,7,10,12-14H2,1-3H3/t16-/m1/s1. The molecule has 1 saturated heterocycles. The summed E-state index contributed by atoms with van der Waals surface area (Å²) in [4.78, 5) is 24.1. The maximum absolute atomic E-state index is 12.7. The Morgan fingerprint density at radius 1 is 1.32 bits per heavy atom. The highest BCUT2D eigenvalue weighted by atomic mass is 16.2. The van der Waals surface area contributed by atoms with Crippen molar-refractivity contribution in [1.29, 1.82) is 0 Å². The van der Waals surface area contributed by atoms with Gasteiger partial charge in [0.25, 0.3) is 5.91 Å². The zero-order valence-corrected chi connectivity index (χ0v) is 16.9. The minimum Gasteiger partial charge on any atom is -0.337 e. The molecule has 3 aromatic rings. The van der Waals surface area contributed by atoms with E-state index in [-0.39, 0.29) is 5.91 Å². The van der Waals surface area contributed by atoms with E-state index in [9.17, 15) is 4.79 Å². The summed E-state index contributed by atoms with van der Waals surface area (Å²) in [6, 6.07) is 5.77. The van der Waals surface area contributed by atoms with Gasteiger partial charge in [-0.25, -0.2) is 9.97 Å². The molecule has 7 nitrogen and oxygen atoms in total. The number of nitrogens with zero attached hydrogens (tertiary/aromatic N) is 6. The Morgan fingerprint density at radius 2 is 2.18 bits per heavy atom. The summed E-state index contributed by atoms with van der Waals surface area (Å²) >= 11 is 0. The van der Waals surface area contributed by atoms with Crippen molar-refractivity contribution in [3.63, 3.8) is 0 Å². The smallest absolute Gasteiger partial charge is 0.274 e. The second-order valence-electron chi connectivity index (χ2n) is 8.05. The lowest BCUT2D eigenvalue weighted by molar-refractivity contribution is 0.0780. The van der Waals surface area contributed by atoms with Crippen molar-refractivity contribution in [1.82, 2.24) is 29.2 Å². The van der Waals surface area contributed by atoms with Crippen molar-refractivity contribution >= 4 is 17.1 Å². The second-order valence-corrected chi connectivity index (χ2v) is 8.05. The largest absolute Gasteiger partial charge is 0.337 e. The number of hydrogen-bond acceptors (Lipinski definition) is 4. The number of amides is 1. The van der Waals surface area contributed by atoms with Gasteiger partial charge in [-0.15, -0.1) is 0 Å². The molecule has 0 bridgehead atoms. The lowest BCUT2D eigenvalue weighted by Gasteiger charge is -2.16. The third kappa shape index (κ3) is 3.66. The van der Waals surface area contributed by atoms with Gasteiger partial charge in [0.05, 0.1) is 0 Å². The molecular formula is C21H28N6O. The van der Waals surface area contributed by atoms with Gasteiger partial charge in [0.2, 0.25) is 0 Å². The number of carbonyl (C=O) groups excluding carboxylic acids is 1. The Morgan fingerprint density at radius 3 is 2.93 bits per heavy atom. The maximum Gasteiger partial charge on any atom is 0.274 e. The van der Waals surface area contributed by atoms with Crippen LogP contribution in [0, 0.1) is 11.8 Å². The van der Waals surface area contributed by atoms with Crippen molar-refractivity contribution < 1.29 is 4.79 Å². The van der Waals surface area contributed by atoms with Gasteiger partial charge < -0.3 is 9.47 Å². The molecule has 1 amide bonds. The molecule has 3 aromatic heterocycles. The lowest BCUT2D eigenvalue weighted by atomic mass is 10.0. The molecule has 0 N–H and O–H groups in total. The average molecular weight is 380 g/mol. The molecule has 0 spiro atoms. The summed E-state index contributed by atoms with van der Waals surface area (Å²) < 4.78 is 4.05. The monoisotopic (exact) mass is 380 g/mol. The van der Waals surface area contributed by atoms with E-state index in [2.05, 4.69) is 28.5 Å². The van der Waals surface area contributed by atoms with Crippen LogP contribution in [0.4, 0.5) is 0 Å². The molecule has 28 heavy (non-hydrogen) atoms. The highest BCUT2D eigenvalue weighted by Crippen LogP contribution is 2.24. The van der Waals surface area contributed by atoms with Crippen LogP contribution in [0.1, 0.15) is 43.5 Å². The maximum atomic E-state index is 12.7. The summed E-state index contributed by atoms with van der Waals surface area (Å²) in [6.07, 6.45) is 5.56. The van der Waals surface area contributed by atoms with Crippen LogP contribution in [0.15, 0.2) is 30.6 Å². The molecular weight excluding hydrogens is 352 g/mol. The van der Waals surface area contributed by atoms with Gasteiger partial charge in [0, 0.05) is 45.0 Å². The zero-order chi connectivity index (χ0) is 19.7. The minimum atomic E-state index is 0.0343. The molecule has 1 fully saturated rings. The van der Waals surface area contributed by atoms with Crippen LogP contribution in [0.25, 0.3) is 11.2 Å². The number of rotatable bonds is 6. The van der Waals surface area contributed by atoms with Crippen LogP contribution in [-0.4, -0.2) is 48.2 Å². The number of pyridine rings is 1. The zero-order valence-electron chi connectivity index (χ0n) is 16.9. The highest BCUT2D eigenvalue weighted by Gasteiger charge is 2.29. The third-order valence-corrected chi connectivity index (χ3v) is 5.36. The number of aryl methyl sites for hydroxylation is 1. The fourth-order valence-corrected chi connectivity index (χ4v) is 3.97. The first kappa shape index (κ1) is 18.7. The SMILES string of the molecule is CCn1ccc(C(=O)N2CC[C@H](Cc3nc4cccnc4n3CC(C)C)C2)n1. The lowest BCUT2D eigenvalue weighted by Crippen LogP contribution is -2.29. The van der Waals surface area contributed by atoms with Crippen LogP contribution in [0.5, 0.6) is 0 Å². The van der Waals surface area contributed by atoms with Crippen molar-refractivity contribution in [3.05, 3.63) is 42.1 Å². The molecule has 0 aliphatic carbocycles. The van der Waals surface area contributed by atoms with E-state index in [0.29, 0.717) is 17.5 Å². The van der Waals surface area contributed by atoms with E-state index in [0.717, 1.165) is 56.0 Å². The third-order valence-electron chi connectivity index (χ3n) is 5.36. The first-order valence-electron chi connectivity index (χ1n) is 10.2. The minimum absolute atomic E-state index is 0.0343. The topological polar surface area (TPSA) is 68.8 Å². The second kappa shape index (κ2) is 7.73. The summed E-state index contributed by atoms with van der Waals surface area (Å²) in [5.41, 5.74) is 2.45. The fourth-order valence-electron chi connectivity index (χ4n) is 3.97. The quantitative estimate of drug-likeness (QED) is 0.659.